The topological polar surface area (TPSA) is 30.5 Å². The maximum atomic E-state index is 5.81. The lowest BCUT2D eigenvalue weighted by Crippen LogP contribution is -2.34. The SMILES string of the molecule is COc1cc2c(cc1CNC1CCC1)OC(C)C2. The summed E-state index contributed by atoms with van der Waals surface area (Å²) in [5.41, 5.74) is 2.48. The van der Waals surface area contributed by atoms with E-state index in [0.29, 0.717) is 12.1 Å². The zero-order chi connectivity index (χ0) is 12.5. The fourth-order valence-corrected chi connectivity index (χ4v) is 2.68. The summed E-state index contributed by atoms with van der Waals surface area (Å²) in [4.78, 5) is 0. The number of nitrogens with one attached hydrogen (secondary N) is 1. The average Bonchev–Trinajstić information content (AvgIpc) is 2.65. The normalized spacial score (nSPS) is 22.2. The molecule has 3 heteroatoms. The van der Waals surface area contributed by atoms with Gasteiger partial charge in [-0.25, -0.2) is 0 Å². The number of rotatable bonds is 4. The Kier molecular flexibility index (Phi) is 3.16. The number of ether oxygens (including phenoxy) is 2. The molecule has 1 N–H and O–H groups in total. The first kappa shape index (κ1) is 11.8. The minimum absolute atomic E-state index is 0.291. The van der Waals surface area contributed by atoms with Crippen LogP contribution in [0.25, 0.3) is 0 Å². The van der Waals surface area contributed by atoms with E-state index < -0.39 is 0 Å². The summed E-state index contributed by atoms with van der Waals surface area (Å²) in [6.07, 6.45) is 5.25. The molecule has 0 aromatic heterocycles. The number of hydrogen-bond donors (Lipinski definition) is 1. The maximum Gasteiger partial charge on any atom is 0.123 e. The zero-order valence-corrected chi connectivity index (χ0v) is 11.2. The highest BCUT2D eigenvalue weighted by Crippen LogP contribution is 2.35. The molecule has 1 unspecified atom stereocenters. The van der Waals surface area contributed by atoms with E-state index in [2.05, 4.69) is 24.4 Å². The van der Waals surface area contributed by atoms with Crippen molar-refractivity contribution in [1.29, 1.82) is 0 Å². The number of methoxy groups -OCH3 is 1. The smallest absolute Gasteiger partial charge is 0.123 e. The summed E-state index contributed by atoms with van der Waals surface area (Å²) in [6.45, 7) is 2.98. The highest BCUT2D eigenvalue weighted by Gasteiger charge is 2.22. The highest BCUT2D eigenvalue weighted by molar-refractivity contribution is 5.48. The zero-order valence-electron chi connectivity index (χ0n) is 11.2. The van der Waals surface area contributed by atoms with Crippen LogP contribution in [-0.2, 0) is 13.0 Å². The van der Waals surface area contributed by atoms with Crippen LogP contribution in [-0.4, -0.2) is 19.3 Å². The average molecular weight is 247 g/mol. The van der Waals surface area contributed by atoms with Crippen molar-refractivity contribution < 1.29 is 9.47 Å². The van der Waals surface area contributed by atoms with Crippen molar-refractivity contribution >= 4 is 0 Å². The molecule has 3 nitrogen and oxygen atoms in total. The Bertz CT molecular complexity index is 440. The molecule has 1 aliphatic carbocycles. The van der Waals surface area contributed by atoms with Crippen molar-refractivity contribution in [3.63, 3.8) is 0 Å². The van der Waals surface area contributed by atoms with Gasteiger partial charge in [-0.15, -0.1) is 0 Å². The molecule has 98 valence electrons. The van der Waals surface area contributed by atoms with Crippen molar-refractivity contribution in [2.45, 2.75) is 51.3 Å². The second-order valence-electron chi connectivity index (χ2n) is 5.41. The maximum absolute atomic E-state index is 5.81. The van der Waals surface area contributed by atoms with Gasteiger partial charge < -0.3 is 14.8 Å². The molecule has 0 saturated heterocycles. The Hall–Kier alpha value is -1.22. The summed E-state index contributed by atoms with van der Waals surface area (Å²) in [7, 11) is 1.74. The third-order valence-electron chi connectivity index (χ3n) is 3.99. The van der Waals surface area contributed by atoms with Crippen LogP contribution in [0.3, 0.4) is 0 Å². The fraction of sp³-hybridized carbons (Fsp3) is 0.600. The van der Waals surface area contributed by atoms with E-state index in [1.807, 2.05) is 0 Å². The predicted molar refractivity (Wildman–Crippen MR) is 71.3 cm³/mol. The number of benzene rings is 1. The van der Waals surface area contributed by atoms with Crippen LogP contribution in [0.4, 0.5) is 0 Å². The van der Waals surface area contributed by atoms with Crippen LogP contribution in [0, 0.1) is 0 Å². The van der Waals surface area contributed by atoms with Crippen LogP contribution in [0.15, 0.2) is 12.1 Å². The van der Waals surface area contributed by atoms with E-state index in [1.165, 1.54) is 30.4 Å². The summed E-state index contributed by atoms with van der Waals surface area (Å²) in [6, 6.07) is 4.97. The van der Waals surface area contributed by atoms with E-state index >= 15 is 0 Å². The van der Waals surface area contributed by atoms with Gasteiger partial charge in [-0.3, -0.25) is 0 Å². The van der Waals surface area contributed by atoms with Crippen molar-refractivity contribution in [3.8, 4) is 11.5 Å². The van der Waals surface area contributed by atoms with Gasteiger partial charge in [0.25, 0.3) is 0 Å². The lowest BCUT2D eigenvalue weighted by Gasteiger charge is -2.27. The third-order valence-corrected chi connectivity index (χ3v) is 3.99. The van der Waals surface area contributed by atoms with Gasteiger partial charge in [0.2, 0.25) is 0 Å². The Balaban J connectivity index is 1.77. The van der Waals surface area contributed by atoms with E-state index in [-0.39, 0.29) is 0 Å². The quantitative estimate of drug-likeness (QED) is 0.887. The first-order chi connectivity index (χ1) is 8.76. The van der Waals surface area contributed by atoms with Gasteiger partial charge in [0.05, 0.1) is 7.11 Å². The molecule has 1 aliphatic heterocycles. The Labute approximate surface area is 108 Å². The van der Waals surface area contributed by atoms with E-state index in [9.17, 15) is 0 Å². The van der Waals surface area contributed by atoms with Gasteiger partial charge in [0.1, 0.15) is 17.6 Å². The van der Waals surface area contributed by atoms with Gasteiger partial charge >= 0.3 is 0 Å². The Morgan fingerprint density at radius 1 is 1.39 bits per heavy atom. The molecular formula is C15H21NO2. The van der Waals surface area contributed by atoms with Crippen molar-refractivity contribution in [2.24, 2.45) is 0 Å². The van der Waals surface area contributed by atoms with Crippen LogP contribution < -0.4 is 14.8 Å². The van der Waals surface area contributed by atoms with Crippen molar-refractivity contribution in [1.82, 2.24) is 5.32 Å². The van der Waals surface area contributed by atoms with Gasteiger partial charge in [-0.05, 0) is 31.9 Å². The van der Waals surface area contributed by atoms with Crippen molar-refractivity contribution in [3.05, 3.63) is 23.3 Å². The van der Waals surface area contributed by atoms with Gasteiger partial charge in [0.15, 0.2) is 0 Å². The van der Waals surface area contributed by atoms with Crippen LogP contribution in [0.1, 0.15) is 37.3 Å². The van der Waals surface area contributed by atoms with Crippen molar-refractivity contribution in [2.75, 3.05) is 7.11 Å². The molecule has 18 heavy (non-hydrogen) atoms. The molecule has 1 heterocycles. The molecule has 1 aromatic carbocycles. The first-order valence-electron chi connectivity index (χ1n) is 6.86. The largest absolute Gasteiger partial charge is 0.496 e. The van der Waals surface area contributed by atoms with E-state index in [0.717, 1.165) is 24.5 Å². The second kappa shape index (κ2) is 4.81. The molecule has 1 aromatic rings. The van der Waals surface area contributed by atoms with Crippen LogP contribution in [0.5, 0.6) is 11.5 Å². The van der Waals surface area contributed by atoms with Crippen LogP contribution >= 0.6 is 0 Å². The molecule has 1 fully saturated rings. The Morgan fingerprint density at radius 3 is 2.89 bits per heavy atom. The highest BCUT2D eigenvalue weighted by atomic mass is 16.5. The third kappa shape index (κ3) is 2.19. The second-order valence-corrected chi connectivity index (χ2v) is 5.41. The first-order valence-corrected chi connectivity index (χ1v) is 6.86. The molecule has 2 aliphatic rings. The molecular weight excluding hydrogens is 226 g/mol. The lowest BCUT2D eigenvalue weighted by atomic mass is 9.93. The Morgan fingerprint density at radius 2 is 2.22 bits per heavy atom. The molecule has 0 bridgehead atoms. The number of hydrogen-bond acceptors (Lipinski definition) is 3. The van der Waals surface area contributed by atoms with Gasteiger partial charge in [-0.1, -0.05) is 6.42 Å². The fourth-order valence-electron chi connectivity index (χ4n) is 2.68. The molecule has 0 spiro atoms. The summed E-state index contributed by atoms with van der Waals surface area (Å²) >= 11 is 0. The minimum atomic E-state index is 0.291. The van der Waals surface area contributed by atoms with E-state index in [1.54, 1.807) is 7.11 Å². The van der Waals surface area contributed by atoms with E-state index in [4.69, 9.17) is 9.47 Å². The molecule has 0 amide bonds. The monoisotopic (exact) mass is 247 g/mol. The van der Waals surface area contributed by atoms with Gasteiger partial charge in [0, 0.05) is 30.1 Å². The minimum Gasteiger partial charge on any atom is -0.496 e. The van der Waals surface area contributed by atoms with Gasteiger partial charge in [-0.2, -0.15) is 0 Å². The van der Waals surface area contributed by atoms with Crippen LogP contribution in [0.2, 0.25) is 0 Å². The standard InChI is InChI=1S/C15H21NO2/c1-10-6-11-7-14(17-2)12(8-15(11)18-10)9-16-13-4-3-5-13/h7-8,10,13,16H,3-6,9H2,1-2H3. The molecule has 1 saturated carbocycles. The summed E-state index contributed by atoms with van der Waals surface area (Å²) in [5.74, 6) is 2.02. The number of fused-ring (bicyclic) bond motifs is 1. The summed E-state index contributed by atoms with van der Waals surface area (Å²) < 4.78 is 11.3. The molecule has 3 rings (SSSR count). The molecule has 1 atom stereocenters. The predicted octanol–water partition coefficient (Wildman–Crippen LogP) is 2.66. The summed E-state index contributed by atoms with van der Waals surface area (Å²) in [5, 5.41) is 3.58. The molecule has 0 radical (unpaired) electrons. The lowest BCUT2D eigenvalue weighted by molar-refractivity contribution is 0.254.